The van der Waals surface area contributed by atoms with Crippen LogP contribution in [0.3, 0.4) is 0 Å². The zero-order valence-corrected chi connectivity index (χ0v) is 12.8. The van der Waals surface area contributed by atoms with Gasteiger partial charge in [0.2, 0.25) is 0 Å². The third kappa shape index (κ3) is 2.95. The highest BCUT2D eigenvalue weighted by Crippen LogP contribution is 2.31. The van der Waals surface area contributed by atoms with Crippen molar-refractivity contribution in [3.8, 4) is 0 Å². The van der Waals surface area contributed by atoms with Gasteiger partial charge in [-0.25, -0.2) is 18.1 Å². The van der Waals surface area contributed by atoms with Crippen LogP contribution in [-0.4, -0.2) is 29.3 Å². The molecule has 0 spiro atoms. The van der Waals surface area contributed by atoms with Crippen LogP contribution in [0, 0.1) is 6.92 Å². The molecule has 1 aromatic heterocycles. The van der Waals surface area contributed by atoms with Gasteiger partial charge in [0.05, 0.1) is 6.20 Å². The van der Waals surface area contributed by atoms with Crippen molar-refractivity contribution in [1.29, 1.82) is 0 Å². The number of aromatic nitrogens is 2. The van der Waals surface area contributed by atoms with Crippen LogP contribution in [0.1, 0.15) is 37.9 Å². The zero-order valence-electron chi connectivity index (χ0n) is 10.4. The van der Waals surface area contributed by atoms with Gasteiger partial charge in [0.25, 0.3) is 10.0 Å². The van der Waals surface area contributed by atoms with Crippen LogP contribution >= 0.6 is 15.9 Å². The molecule has 1 heterocycles. The highest BCUT2D eigenvalue weighted by atomic mass is 79.9. The van der Waals surface area contributed by atoms with E-state index in [1.54, 1.807) is 6.92 Å². The van der Waals surface area contributed by atoms with Gasteiger partial charge in [-0.1, -0.05) is 35.2 Å². The Kier molecular flexibility index (Phi) is 4.13. The van der Waals surface area contributed by atoms with Crippen molar-refractivity contribution in [2.45, 2.75) is 49.6 Å². The van der Waals surface area contributed by atoms with E-state index in [0.29, 0.717) is 11.2 Å². The van der Waals surface area contributed by atoms with Crippen LogP contribution in [0.25, 0.3) is 0 Å². The fraction of sp³-hybridized carbons (Fsp3) is 0.727. The van der Waals surface area contributed by atoms with E-state index in [1.807, 2.05) is 0 Å². The molecule has 0 radical (unpaired) electrons. The van der Waals surface area contributed by atoms with Crippen LogP contribution in [0.4, 0.5) is 0 Å². The molecule has 18 heavy (non-hydrogen) atoms. The molecule has 1 aliphatic carbocycles. The summed E-state index contributed by atoms with van der Waals surface area (Å²) in [6.45, 7) is 1.74. The first kappa shape index (κ1) is 14.0. The molecule has 5 nitrogen and oxygen atoms in total. The first-order valence-electron chi connectivity index (χ1n) is 6.09. The van der Waals surface area contributed by atoms with E-state index in [9.17, 15) is 8.42 Å². The van der Waals surface area contributed by atoms with Crippen molar-refractivity contribution < 1.29 is 8.42 Å². The molecule has 2 rings (SSSR count). The highest BCUT2D eigenvalue weighted by molar-refractivity contribution is 9.09. The summed E-state index contributed by atoms with van der Waals surface area (Å²) in [6.07, 6.45) is 6.43. The van der Waals surface area contributed by atoms with Gasteiger partial charge < -0.3 is 4.98 Å². The number of nitrogens with one attached hydrogen (secondary N) is 2. The van der Waals surface area contributed by atoms with Crippen molar-refractivity contribution >= 4 is 26.0 Å². The Morgan fingerprint density at radius 3 is 2.61 bits per heavy atom. The van der Waals surface area contributed by atoms with E-state index < -0.39 is 10.0 Å². The number of sulfonamides is 1. The molecule has 102 valence electrons. The summed E-state index contributed by atoms with van der Waals surface area (Å²) in [5, 5.41) is 0.790. The lowest BCUT2D eigenvalue weighted by molar-refractivity contribution is 0.301. The van der Waals surface area contributed by atoms with E-state index in [0.717, 1.165) is 25.7 Å². The molecular formula is C11H18BrN3O2S. The molecular weight excluding hydrogens is 318 g/mol. The van der Waals surface area contributed by atoms with Gasteiger partial charge in [0.15, 0.2) is 5.03 Å². The van der Waals surface area contributed by atoms with Crippen LogP contribution in [0.15, 0.2) is 11.2 Å². The molecule has 0 aliphatic heterocycles. The predicted octanol–water partition coefficient (Wildman–Crippen LogP) is 2.09. The molecule has 0 bridgehead atoms. The Hall–Kier alpha value is -0.400. The molecule has 1 aliphatic rings. The maximum Gasteiger partial charge on any atom is 0.258 e. The molecule has 1 saturated carbocycles. The number of aryl methyl sites for hydroxylation is 1. The Labute approximate surface area is 116 Å². The minimum atomic E-state index is -3.51. The van der Waals surface area contributed by atoms with Gasteiger partial charge in [0.1, 0.15) is 5.82 Å². The fourth-order valence-electron chi connectivity index (χ4n) is 2.37. The van der Waals surface area contributed by atoms with Crippen molar-refractivity contribution in [2.75, 3.05) is 5.33 Å². The summed E-state index contributed by atoms with van der Waals surface area (Å²) in [7, 11) is -3.51. The SMILES string of the molecule is Cc1ncc(S(=O)(=O)NC2(CBr)CCCCC2)[nH]1. The highest BCUT2D eigenvalue weighted by Gasteiger charge is 2.36. The van der Waals surface area contributed by atoms with E-state index in [2.05, 4.69) is 30.6 Å². The van der Waals surface area contributed by atoms with Gasteiger partial charge in [0, 0.05) is 10.9 Å². The number of hydrogen-bond acceptors (Lipinski definition) is 3. The van der Waals surface area contributed by atoms with Crippen molar-refractivity contribution in [2.24, 2.45) is 0 Å². The molecule has 0 saturated heterocycles. The van der Waals surface area contributed by atoms with Crippen molar-refractivity contribution in [1.82, 2.24) is 14.7 Å². The van der Waals surface area contributed by atoms with Gasteiger partial charge in [-0.05, 0) is 19.8 Å². The normalized spacial score (nSPS) is 19.9. The molecule has 0 unspecified atom stereocenters. The smallest absolute Gasteiger partial charge is 0.258 e. The number of halogens is 1. The number of rotatable bonds is 4. The minimum absolute atomic E-state index is 0.144. The lowest BCUT2D eigenvalue weighted by atomic mass is 9.84. The van der Waals surface area contributed by atoms with Crippen LogP contribution < -0.4 is 4.72 Å². The standard InChI is InChI=1S/C11H18BrN3O2S/c1-9-13-7-10(14-9)18(16,17)15-11(8-12)5-3-2-4-6-11/h7,15H,2-6,8H2,1H3,(H,13,14). The van der Waals surface area contributed by atoms with Crippen LogP contribution in [0.2, 0.25) is 0 Å². The lowest BCUT2D eigenvalue weighted by Crippen LogP contribution is -2.51. The fourth-order valence-corrected chi connectivity index (χ4v) is 4.68. The molecule has 7 heteroatoms. The van der Waals surface area contributed by atoms with Gasteiger partial charge in [-0.3, -0.25) is 0 Å². The maximum absolute atomic E-state index is 12.3. The Morgan fingerprint density at radius 1 is 1.44 bits per heavy atom. The third-order valence-corrected chi connectivity index (χ3v) is 5.95. The first-order chi connectivity index (χ1) is 8.47. The molecule has 0 atom stereocenters. The van der Waals surface area contributed by atoms with Crippen LogP contribution in [-0.2, 0) is 10.0 Å². The first-order valence-corrected chi connectivity index (χ1v) is 8.69. The predicted molar refractivity (Wildman–Crippen MR) is 73.3 cm³/mol. The third-order valence-electron chi connectivity index (χ3n) is 3.39. The Bertz CT molecular complexity index is 506. The number of nitrogens with zero attached hydrogens (tertiary/aromatic N) is 1. The summed E-state index contributed by atoms with van der Waals surface area (Å²) < 4.78 is 27.4. The quantitative estimate of drug-likeness (QED) is 0.827. The lowest BCUT2D eigenvalue weighted by Gasteiger charge is -2.35. The Balaban J connectivity index is 2.21. The minimum Gasteiger partial charge on any atom is -0.332 e. The number of aromatic amines is 1. The van der Waals surface area contributed by atoms with E-state index in [-0.39, 0.29) is 10.6 Å². The van der Waals surface area contributed by atoms with E-state index in [1.165, 1.54) is 12.6 Å². The molecule has 0 amide bonds. The van der Waals surface area contributed by atoms with Gasteiger partial charge in [-0.2, -0.15) is 0 Å². The average molecular weight is 336 g/mol. The average Bonchev–Trinajstić information content (AvgIpc) is 2.77. The summed E-state index contributed by atoms with van der Waals surface area (Å²) >= 11 is 3.45. The summed E-state index contributed by atoms with van der Waals surface area (Å²) in [6, 6.07) is 0. The second-order valence-electron chi connectivity index (χ2n) is 4.91. The topological polar surface area (TPSA) is 74.8 Å². The van der Waals surface area contributed by atoms with Gasteiger partial charge >= 0.3 is 0 Å². The van der Waals surface area contributed by atoms with Gasteiger partial charge in [-0.15, -0.1) is 0 Å². The molecule has 1 aromatic rings. The zero-order chi connectivity index (χ0) is 13.2. The summed E-state index contributed by atoms with van der Waals surface area (Å²) in [5.74, 6) is 0.604. The second-order valence-corrected chi connectivity index (χ2v) is 7.12. The number of hydrogen-bond donors (Lipinski definition) is 2. The van der Waals surface area contributed by atoms with Crippen molar-refractivity contribution in [3.05, 3.63) is 12.0 Å². The Morgan fingerprint density at radius 2 is 2.11 bits per heavy atom. The maximum atomic E-state index is 12.3. The summed E-state index contributed by atoms with van der Waals surface area (Å²) in [5.41, 5.74) is -0.351. The number of H-pyrrole nitrogens is 1. The van der Waals surface area contributed by atoms with Crippen LogP contribution in [0.5, 0.6) is 0 Å². The summed E-state index contributed by atoms with van der Waals surface area (Å²) in [4.78, 5) is 6.71. The van der Waals surface area contributed by atoms with E-state index in [4.69, 9.17) is 0 Å². The van der Waals surface area contributed by atoms with Crippen molar-refractivity contribution in [3.63, 3.8) is 0 Å². The number of imidazole rings is 1. The molecule has 2 N–H and O–H groups in total. The number of alkyl halides is 1. The monoisotopic (exact) mass is 335 g/mol. The van der Waals surface area contributed by atoms with E-state index >= 15 is 0 Å². The largest absolute Gasteiger partial charge is 0.332 e. The molecule has 0 aromatic carbocycles. The second kappa shape index (κ2) is 5.30. The molecule has 1 fully saturated rings.